The number of ether oxygens (including phenoxy) is 1. The van der Waals surface area contributed by atoms with Crippen molar-refractivity contribution in [2.45, 2.75) is 37.8 Å². The summed E-state index contributed by atoms with van der Waals surface area (Å²) in [4.78, 5) is 15.0. The summed E-state index contributed by atoms with van der Waals surface area (Å²) in [5.41, 5.74) is 0.115. The highest BCUT2D eigenvalue weighted by atomic mass is 16.5. The van der Waals surface area contributed by atoms with Crippen LogP contribution in [0.4, 0.5) is 0 Å². The lowest BCUT2D eigenvalue weighted by Gasteiger charge is -2.34. The summed E-state index contributed by atoms with van der Waals surface area (Å²) in [5, 5.41) is 22.7. The van der Waals surface area contributed by atoms with E-state index in [-0.39, 0.29) is 5.92 Å². The van der Waals surface area contributed by atoms with Crippen molar-refractivity contribution >= 4 is 5.97 Å². The molecule has 0 spiro atoms. The van der Waals surface area contributed by atoms with Crippen LogP contribution in [0.1, 0.15) is 31.2 Å². The first-order valence-electron chi connectivity index (χ1n) is 7.18. The smallest absolute Gasteiger partial charge is 0.306 e. The molecule has 116 valence electrons. The summed E-state index contributed by atoms with van der Waals surface area (Å²) in [5.74, 6) is -0.500. The third-order valence-corrected chi connectivity index (χ3v) is 4.08. The molecular formula is C15H22N2O4. The molecule has 2 rings (SSSR count). The van der Waals surface area contributed by atoms with Crippen molar-refractivity contribution < 1.29 is 19.7 Å². The monoisotopic (exact) mass is 294 g/mol. The molecule has 1 saturated carbocycles. The van der Waals surface area contributed by atoms with E-state index in [1.54, 1.807) is 13.3 Å². The highest BCUT2D eigenvalue weighted by Gasteiger charge is 2.35. The number of nitrogens with zero attached hydrogens (tertiary/aromatic N) is 1. The summed E-state index contributed by atoms with van der Waals surface area (Å²) < 4.78 is 5.17. The van der Waals surface area contributed by atoms with Crippen LogP contribution in [0.5, 0.6) is 5.88 Å². The fourth-order valence-electron chi connectivity index (χ4n) is 2.75. The number of nitrogens with one attached hydrogen (secondary N) is 1. The fourth-order valence-corrected chi connectivity index (χ4v) is 2.75. The highest BCUT2D eigenvalue weighted by Crippen LogP contribution is 2.31. The molecule has 0 aromatic carbocycles. The molecule has 0 bridgehead atoms. The minimum atomic E-state index is -0.818. The van der Waals surface area contributed by atoms with Crippen LogP contribution in [-0.2, 0) is 11.3 Å². The standard InChI is InChI=1S/C15H22N2O4/c1-21-13-12(3-2-8-17-13)9-16-10-15(20)6-4-11(5-7-15)14(18)19/h2-3,8,11,16,20H,4-7,9-10H2,1H3,(H,18,19). The van der Waals surface area contributed by atoms with E-state index in [1.165, 1.54) is 0 Å². The second kappa shape index (κ2) is 6.87. The molecule has 1 aliphatic carbocycles. The van der Waals surface area contributed by atoms with Gasteiger partial charge in [-0.1, -0.05) is 6.07 Å². The maximum atomic E-state index is 10.9. The summed E-state index contributed by atoms with van der Waals surface area (Å²) >= 11 is 0. The highest BCUT2D eigenvalue weighted by molar-refractivity contribution is 5.70. The zero-order valence-electron chi connectivity index (χ0n) is 12.2. The average Bonchev–Trinajstić information content (AvgIpc) is 2.48. The van der Waals surface area contributed by atoms with E-state index in [9.17, 15) is 9.90 Å². The van der Waals surface area contributed by atoms with Crippen LogP contribution in [0.3, 0.4) is 0 Å². The summed E-state index contributed by atoms with van der Waals surface area (Å²) in [6.07, 6.45) is 3.76. The number of carbonyl (C=O) groups is 1. The summed E-state index contributed by atoms with van der Waals surface area (Å²) in [6.45, 7) is 0.999. The Morgan fingerprint density at radius 1 is 1.52 bits per heavy atom. The van der Waals surface area contributed by atoms with Crippen molar-refractivity contribution in [3.05, 3.63) is 23.9 Å². The predicted molar refractivity (Wildman–Crippen MR) is 77.0 cm³/mol. The summed E-state index contributed by atoms with van der Waals surface area (Å²) in [6, 6.07) is 3.76. The number of hydrogen-bond donors (Lipinski definition) is 3. The average molecular weight is 294 g/mol. The first-order chi connectivity index (χ1) is 10.0. The van der Waals surface area contributed by atoms with Gasteiger partial charge in [0.25, 0.3) is 0 Å². The Bertz CT molecular complexity index is 484. The van der Waals surface area contributed by atoms with Crippen LogP contribution in [0, 0.1) is 5.92 Å². The third kappa shape index (κ3) is 4.15. The van der Waals surface area contributed by atoms with Gasteiger partial charge in [-0.05, 0) is 31.7 Å². The lowest BCUT2D eigenvalue weighted by molar-refractivity contribution is -0.144. The van der Waals surface area contributed by atoms with Gasteiger partial charge in [0.2, 0.25) is 5.88 Å². The van der Waals surface area contributed by atoms with Gasteiger partial charge >= 0.3 is 5.97 Å². The van der Waals surface area contributed by atoms with Gasteiger partial charge in [-0.25, -0.2) is 4.98 Å². The second-order valence-corrected chi connectivity index (χ2v) is 5.61. The van der Waals surface area contributed by atoms with Crippen LogP contribution in [-0.4, -0.2) is 40.4 Å². The molecule has 0 amide bonds. The molecule has 1 aromatic rings. The number of carboxylic acid groups (broad SMARTS) is 1. The van der Waals surface area contributed by atoms with Crippen molar-refractivity contribution in [2.75, 3.05) is 13.7 Å². The number of pyridine rings is 1. The Labute approximate surface area is 124 Å². The molecule has 0 saturated heterocycles. The zero-order chi connectivity index (χ0) is 15.3. The Kier molecular flexibility index (Phi) is 5.14. The first-order valence-corrected chi connectivity index (χ1v) is 7.18. The Balaban J connectivity index is 1.82. The van der Waals surface area contributed by atoms with Gasteiger partial charge in [0, 0.05) is 24.8 Å². The van der Waals surface area contributed by atoms with E-state index in [0.717, 1.165) is 5.56 Å². The minimum absolute atomic E-state index is 0.316. The summed E-state index contributed by atoms with van der Waals surface area (Å²) in [7, 11) is 1.58. The van der Waals surface area contributed by atoms with Crippen LogP contribution < -0.4 is 10.1 Å². The molecular weight excluding hydrogens is 272 g/mol. The Hall–Kier alpha value is -1.66. The van der Waals surface area contributed by atoms with Crippen LogP contribution in [0.25, 0.3) is 0 Å². The molecule has 1 fully saturated rings. The number of aromatic nitrogens is 1. The van der Waals surface area contributed by atoms with E-state index in [1.807, 2.05) is 12.1 Å². The van der Waals surface area contributed by atoms with E-state index < -0.39 is 11.6 Å². The van der Waals surface area contributed by atoms with E-state index in [0.29, 0.717) is 44.7 Å². The largest absolute Gasteiger partial charge is 0.481 e. The van der Waals surface area contributed by atoms with E-state index >= 15 is 0 Å². The molecule has 6 nitrogen and oxygen atoms in total. The maximum absolute atomic E-state index is 10.9. The Morgan fingerprint density at radius 2 is 2.24 bits per heavy atom. The van der Waals surface area contributed by atoms with Gasteiger partial charge in [-0.2, -0.15) is 0 Å². The second-order valence-electron chi connectivity index (χ2n) is 5.61. The molecule has 21 heavy (non-hydrogen) atoms. The Morgan fingerprint density at radius 3 is 2.86 bits per heavy atom. The lowest BCUT2D eigenvalue weighted by atomic mass is 9.79. The van der Waals surface area contributed by atoms with Gasteiger partial charge in [-0.15, -0.1) is 0 Å². The van der Waals surface area contributed by atoms with Gasteiger partial charge in [0.1, 0.15) is 0 Å². The minimum Gasteiger partial charge on any atom is -0.481 e. The van der Waals surface area contributed by atoms with Gasteiger partial charge < -0.3 is 20.3 Å². The molecule has 0 unspecified atom stereocenters. The molecule has 1 aliphatic rings. The fraction of sp³-hybridized carbons (Fsp3) is 0.600. The quantitative estimate of drug-likeness (QED) is 0.730. The number of aliphatic hydroxyl groups is 1. The SMILES string of the molecule is COc1ncccc1CNCC1(O)CCC(C(=O)O)CC1. The first kappa shape index (κ1) is 15.7. The molecule has 3 N–H and O–H groups in total. The van der Waals surface area contributed by atoms with Crippen molar-refractivity contribution in [3.8, 4) is 5.88 Å². The van der Waals surface area contributed by atoms with Crippen molar-refractivity contribution in [3.63, 3.8) is 0 Å². The molecule has 6 heteroatoms. The van der Waals surface area contributed by atoms with Gasteiger partial charge in [-0.3, -0.25) is 4.79 Å². The zero-order valence-corrected chi connectivity index (χ0v) is 12.2. The number of hydrogen-bond acceptors (Lipinski definition) is 5. The molecule has 1 aromatic heterocycles. The van der Waals surface area contributed by atoms with Crippen molar-refractivity contribution in [2.24, 2.45) is 5.92 Å². The van der Waals surface area contributed by atoms with Gasteiger partial charge in [0.15, 0.2) is 0 Å². The van der Waals surface area contributed by atoms with E-state index in [2.05, 4.69) is 10.3 Å². The normalized spacial score (nSPS) is 25.5. The molecule has 0 atom stereocenters. The number of aliphatic carboxylic acids is 1. The van der Waals surface area contributed by atoms with E-state index in [4.69, 9.17) is 9.84 Å². The predicted octanol–water partition coefficient (Wildman–Crippen LogP) is 1.19. The number of carboxylic acids is 1. The molecule has 0 aliphatic heterocycles. The van der Waals surface area contributed by atoms with Gasteiger partial charge in [0.05, 0.1) is 18.6 Å². The molecule has 1 heterocycles. The van der Waals surface area contributed by atoms with Crippen LogP contribution in [0.15, 0.2) is 18.3 Å². The topological polar surface area (TPSA) is 91.7 Å². The van der Waals surface area contributed by atoms with Crippen LogP contribution >= 0.6 is 0 Å². The maximum Gasteiger partial charge on any atom is 0.306 e. The van der Waals surface area contributed by atoms with Crippen molar-refractivity contribution in [1.29, 1.82) is 0 Å². The third-order valence-electron chi connectivity index (χ3n) is 4.08. The van der Waals surface area contributed by atoms with Crippen LogP contribution in [0.2, 0.25) is 0 Å². The molecule has 0 radical (unpaired) electrons. The number of methoxy groups -OCH3 is 1. The number of rotatable bonds is 6. The van der Waals surface area contributed by atoms with Crippen molar-refractivity contribution in [1.82, 2.24) is 10.3 Å². The lowest BCUT2D eigenvalue weighted by Crippen LogP contribution is -2.44.